The lowest BCUT2D eigenvalue weighted by Gasteiger charge is -2.15. The molecule has 0 saturated heterocycles. The van der Waals surface area contributed by atoms with Crippen LogP contribution in [0.5, 0.6) is 0 Å². The molecule has 1 aliphatic rings. The zero-order valence-electron chi connectivity index (χ0n) is 11.1. The summed E-state index contributed by atoms with van der Waals surface area (Å²) in [5.74, 6) is -0.145. The number of pyridine rings is 1. The number of anilines is 1. The molecule has 0 spiro atoms. The van der Waals surface area contributed by atoms with Crippen molar-refractivity contribution >= 4 is 22.2 Å². The maximum atomic E-state index is 12.4. The van der Waals surface area contributed by atoms with Crippen molar-refractivity contribution in [2.75, 3.05) is 5.32 Å². The number of hydrogen-bond acceptors (Lipinski definition) is 3. The van der Waals surface area contributed by atoms with Gasteiger partial charge in [0.1, 0.15) is 0 Å². The molecule has 0 atom stereocenters. The topological polar surface area (TPSA) is 62.0 Å². The second-order valence-electron chi connectivity index (χ2n) is 5.01. The molecule has 4 nitrogen and oxygen atoms in total. The van der Waals surface area contributed by atoms with Gasteiger partial charge in [-0.25, -0.2) is 0 Å². The summed E-state index contributed by atoms with van der Waals surface area (Å²) in [7, 11) is 0. The maximum absolute atomic E-state index is 12.4. The molecule has 5 heteroatoms. The molecule has 104 valence electrons. The number of aromatic amines is 1. The molecule has 2 N–H and O–H groups in total. The summed E-state index contributed by atoms with van der Waals surface area (Å²) in [5.41, 5.74) is 2.51. The molecular weight excluding hydrogens is 272 g/mol. The summed E-state index contributed by atoms with van der Waals surface area (Å²) in [6, 6.07) is 3.73. The highest BCUT2D eigenvalue weighted by Gasteiger charge is 2.16. The van der Waals surface area contributed by atoms with E-state index >= 15 is 0 Å². The number of rotatable bonds is 3. The van der Waals surface area contributed by atoms with Crippen molar-refractivity contribution in [3.63, 3.8) is 0 Å². The van der Waals surface area contributed by atoms with E-state index in [1.807, 2.05) is 17.5 Å². The minimum absolute atomic E-state index is 0.0415. The molecule has 3 rings (SSSR count). The first-order valence-electron chi connectivity index (χ1n) is 6.79. The van der Waals surface area contributed by atoms with Gasteiger partial charge in [0, 0.05) is 23.0 Å². The van der Waals surface area contributed by atoms with Crippen LogP contribution in [0.2, 0.25) is 0 Å². The Labute approximate surface area is 120 Å². The van der Waals surface area contributed by atoms with Crippen LogP contribution in [-0.2, 0) is 24.1 Å². The van der Waals surface area contributed by atoms with Crippen molar-refractivity contribution in [2.24, 2.45) is 0 Å². The summed E-state index contributed by atoms with van der Waals surface area (Å²) >= 11 is 1.47. The average Bonchev–Trinajstić information content (AvgIpc) is 2.95. The molecule has 2 heterocycles. The van der Waals surface area contributed by atoms with E-state index in [4.69, 9.17) is 0 Å². The summed E-state index contributed by atoms with van der Waals surface area (Å²) in [6.45, 7) is 0. The Morgan fingerprint density at radius 3 is 3.00 bits per heavy atom. The van der Waals surface area contributed by atoms with E-state index in [0.717, 1.165) is 41.9 Å². The van der Waals surface area contributed by atoms with Gasteiger partial charge < -0.3 is 10.3 Å². The fourth-order valence-electron chi connectivity index (χ4n) is 2.58. The van der Waals surface area contributed by atoms with Gasteiger partial charge in [0.25, 0.3) is 0 Å². The molecule has 0 saturated carbocycles. The molecule has 1 aliphatic carbocycles. The minimum atomic E-state index is -0.145. The Bertz CT molecular complexity index is 674. The Morgan fingerprint density at radius 2 is 2.20 bits per heavy atom. The first-order valence-corrected chi connectivity index (χ1v) is 7.67. The summed E-state index contributed by atoms with van der Waals surface area (Å²) in [4.78, 5) is 27.5. The number of carbonyl (C=O) groups excluding carboxylic acids is 1. The zero-order chi connectivity index (χ0) is 13.9. The first-order chi connectivity index (χ1) is 9.74. The number of thiophene rings is 1. The number of amides is 1. The van der Waals surface area contributed by atoms with E-state index in [9.17, 15) is 9.59 Å². The standard InChI is InChI=1S/C15H16N2O2S/c18-13(17-14-6-3-7-20-14)8-10-9-16-12-5-2-1-4-11(12)15(10)19/h3,6-7,9H,1-2,4-5,8H2,(H,16,19)(H,17,18). The van der Waals surface area contributed by atoms with Crippen LogP contribution in [-0.4, -0.2) is 10.9 Å². The van der Waals surface area contributed by atoms with Gasteiger partial charge in [-0.1, -0.05) is 0 Å². The maximum Gasteiger partial charge on any atom is 0.229 e. The second-order valence-corrected chi connectivity index (χ2v) is 5.96. The van der Waals surface area contributed by atoms with Crippen molar-refractivity contribution in [3.05, 3.63) is 50.8 Å². The van der Waals surface area contributed by atoms with Crippen molar-refractivity contribution in [1.29, 1.82) is 0 Å². The van der Waals surface area contributed by atoms with Gasteiger partial charge in [-0.3, -0.25) is 9.59 Å². The van der Waals surface area contributed by atoms with Gasteiger partial charge in [0.05, 0.1) is 11.4 Å². The third kappa shape index (κ3) is 2.67. The highest BCUT2D eigenvalue weighted by Crippen LogP contribution is 2.17. The van der Waals surface area contributed by atoms with Gasteiger partial charge in [0.2, 0.25) is 5.91 Å². The summed E-state index contributed by atoms with van der Waals surface area (Å²) in [5, 5.41) is 5.52. The lowest BCUT2D eigenvalue weighted by Crippen LogP contribution is -2.25. The first kappa shape index (κ1) is 13.1. The molecule has 1 amide bonds. The number of H-pyrrole nitrogens is 1. The third-order valence-electron chi connectivity index (χ3n) is 3.59. The van der Waals surface area contributed by atoms with Crippen LogP contribution in [0.25, 0.3) is 0 Å². The van der Waals surface area contributed by atoms with Gasteiger partial charge in [0.15, 0.2) is 5.43 Å². The summed E-state index contributed by atoms with van der Waals surface area (Å²) < 4.78 is 0. The predicted molar refractivity (Wildman–Crippen MR) is 80.4 cm³/mol. The molecule has 0 radical (unpaired) electrons. The van der Waals surface area contributed by atoms with Crippen LogP contribution >= 0.6 is 11.3 Å². The number of carbonyl (C=O) groups is 1. The molecule has 0 aromatic carbocycles. The van der Waals surface area contributed by atoms with Crippen molar-refractivity contribution in [3.8, 4) is 0 Å². The Kier molecular flexibility index (Phi) is 3.69. The second kappa shape index (κ2) is 5.63. The smallest absolute Gasteiger partial charge is 0.229 e. The fraction of sp³-hybridized carbons (Fsp3) is 0.333. The van der Waals surface area contributed by atoms with Gasteiger partial charge in [-0.15, -0.1) is 11.3 Å². The van der Waals surface area contributed by atoms with Crippen LogP contribution in [0, 0.1) is 0 Å². The van der Waals surface area contributed by atoms with Crippen molar-refractivity contribution in [2.45, 2.75) is 32.1 Å². The fourth-order valence-corrected chi connectivity index (χ4v) is 3.22. The van der Waals surface area contributed by atoms with E-state index in [-0.39, 0.29) is 17.8 Å². The largest absolute Gasteiger partial charge is 0.364 e. The number of aryl methyl sites for hydroxylation is 1. The lowest BCUT2D eigenvalue weighted by atomic mass is 9.94. The minimum Gasteiger partial charge on any atom is -0.364 e. The van der Waals surface area contributed by atoms with E-state index in [1.54, 1.807) is 6.20 Å². The Hall–Kier alpha value is -1.88. The molecular formula is C15H16N2O2S. The molecule has 2 aromatic heterocycles. The van der Waals surface area contributed by atoms with E-state index < -0.39 is 0 Å². The van der Waals surface area contributed by atoms with Crippen LogP contribution < -0.4 is 10.7 Å². The monoisotopic (exact) mass is 288 g/mol. The van der Waals surface area contributed by atoms with Crippen LogP contribution in [0.1, 0.15) is 29.7 Å². The quantitative estimate of drug-likeness (QED) is 0.911. The molecule has 20 heavy (non-hydrogen) atoms. The Balaban J connectivity index is 1.77. The van der Waals surface area contributed by atoms with E-state index in [1.165, 1.54) is 11.3 Å². The van der Waals surface area contributed by atoms with Crippen LogP contribution in [0.3, 0.4) is 0 Å². The molecule has 2 aromatic rings. The van der Waals surface area contributed by atoms with E-state index in [2.05, 4.69) is 10.3 Å². The summed E-state index contributed by atoms with van der Waals surface area (Å²) in [6.07, 6.45) is 5.76. The number of aromatic nitrogens is 1. The zero-order valence-corrected chi connectivity index (χ0v) is 11.9. The van der Waals surface area contributed by atoms with Crippen molar-refractivity contribution < 1.29 is 4.79 Å². The lowest BCUT2D eigenvalue weighted by molar-refractivity contribution is -0.115. The molecule has 0 fully saturated rings. The van der Waals surface area contributed by atoms with E-state index in [0.29, 0.717) is 5.56 Å². The van der Waals surface area contributed by atoms with Gasteiger partial charge >= 0.3 is 0 Å². The molecule has 0 unspecified atom stereocenters. The number of hydrogen-bond donors (Lipinski definition) is 2. The highest BCUT2D eigenvalue weighted by atomic mass is 32.1. The Morgan fingerprint density at radius 1 is 1.35 bits per heavy atom. The van der Waals surface area contributed by atoms with Crippen LogP contribution in [0.4, 0.5) is 5.00 Å². The normalized spacial score (nSPS) is 13.8. The SMILES string of the molecule is O=C(Cc1c[nH]c2c(c1=O)CCCC2)Nc1cccs1. The third-order valence-corrected chi connectivity index (χ3v) is 4.37. The predicted octanol–water partition coefficient (Wildman–Crippen LogP) is 2.50. The van der Waals surface area contributed by atoms with Gasteiger partial charge in [-0.2, -0.15) is 0 Å². The number of fused-ring (bicyclic) bond motifs is 1. The van der Waals surface area contributed by atoms with Crippen LogP contribution in [0.15, 0.2) is 28.5 Å². The highest BCUT2D eigenvalue weighted by molar-refractivity contribution is 7.14. The molecule has 0 aliphatic heterocycles. The van der Waals surface area contributed by atoms with Gasteiger partial charge in [-0.05, 0) is 43.2 Å². The number of nitrogens with one attached hydrogen (secondary N) is 2. The van der Waals surface area contributed by atoms with Crippen molar-refractivity contribution in [1.82, 2.24) is 4.98 Å². The molecule has 0 bridgehead atoms. The average molecular weight is 288 g/mol.